The van der Waals surface area contributed by atoms with Crippen molar-refractivity contribution in [2.24, 2.45) is 0 Å². The van der Waals surface area contributed by atoms with Gasteiger partial charge in [0, 0.05) is 5.02 Å². The lowest BCUT2D eigenvalue weighted by Gasteiger charge is -2.06. The second-order valence-electron chi connectivity index (χ2n) is 2.95. The van der Waals surface area contributed by atoms with Crippen LogP contribution in [0.1, 0.15) is 33.2 Å². The van der Waals surface area contributed by atoms with E-state index in [1.54, 1.807) is 0 Å². The summed E-state index contributed by atoms with van der Waals surface area (Å²) in [6.07, 6.45) is 0.555. The fraction of sp³-hybridized carbons (Fsp3) is 0.200. The van der Waals surface area contributed by atoms with Crippen molar-refractivity contribution >= 4 is 23.5 Å². The summed E-state index contributed by atoms with van der Waals surface area (Å²) in [6, 6.07) is 2.47. The van der Waals surface area contributed by atoms with E-state index in [0.717, 1.165) is 0 Å². The number of aryl methyl sites for hydroxylation is 1. The van der Waals surface area contributed by atoms with Crippen molar-refractivity contribution in [3.05, 3.63) is 33.8 Å². The number of benzene rings is 1. The maximum atomic E-state index is 10.8. The largest absolute Gasteiger partial charge is 0.478 e. The third kappa shape index (κ3) is 2.27. The van der Waals surface area contributed by atoms with Gasteiger partial charge in [0.05, 0.1) is 11.1 Å². The first-order valence-electron chi connectivity index (χ1n) is 4.26. The molecule has 5 heteroatoms. The van der Waals surface area contributed by atoms with Crippen LogP contribution >= 0.6 is 11.6 Å². The lowest BCUT2D eigenvalue weighted by Crippen LogP contribution is -2.09. The van der Waals surface area contributed by atoms with Gasteiger partial charge in [0.1, 0.15) is 0 Å². The average molecular weight is 229 g/mol. The van der Waals surface area contributed by atoms with Crippen molar-refractivity contribution < 1.29 is 19.8 Å². The molecule has 2 N–H and O–H groups in total. The van der Waals surface area contributed by atoms with E-state index in [9.17, 15) is 9.59 Å². The third-order valence-electron chi connectivity index (χ3n) is 2.03. The van der Waals surface area contributed by atoms with Gasteiger partial charge < -0.3 is 10.2 Å². The lowest BCUT2D eigenvalue weighted by molar-refractivity contribution is 0.0651. The van der Waals surface area contributed by atoms with Crippen molar-refractivity contribution in [3.8, 4) is 0 Å². The van der Waals surface area contributed by atoms with E-state index < -0.39 is 11.9 Å². The molecule has 0 heterocycles. The number of carboxylic acid groups (broad SMARTS) is 2. The number of hydrogen-bond acceptors (Lipinski definition) is 2. The Kier molecular flexibility index (Phi) is 3.31. The predicted octanol–water partition coefficient (Wildman–Crippen LogP) is 2.30. The minimum atomic E-state index is -1.29. The summed E-state index contributed by atoms with van der Waals surface area (Å²) in [6.45, 7) is 1.81. The van der Waals surface area contributed by atoms with E-state index in [-0.39, 0.29) is 16.1 Å². The highest BCUT2D eigenvalue weighted by Gasteiger charge is 2.18. The molecule has 0 aliphatic carbocycles. The van der Waals surface area contributed by atoms with Crippen LogP contribution in [0, 0.1) is 0 Å². The highest BCUT2D eigenvalue weighted by Crippen LogP contribution is 2.22. The normalized spacial score (nSPS) is 10.0. The predicted molar refractivity (Wildman–Crippen MR) is 54.7 cm³/mol. The van der Waals surface area contributed by atoms with Gasteiger partial charge in [-0.1, -0.05) is 18.5 Å². The zero-order valence-corrected chi connectivity index (χ0v) is 8.71. The molecule has 1 rings (SSSR count). The van der Waals surface area contributed by atoms with Crippen LogP contribution in [0.4, 0.5) is 0 Å². The van der Waals surface area contributed by atoms with Crippen LogP contribution < -0.4 is 0 Å². The van der Waals surface area contributed by atoms with E-state index in [1.165, 1.54) is 12.1 Å². The van der Waals surface area contributed by atoms with E-state index in [0.29, 0.717) is 12.0 Å². The minimum absolute atomic E-state index is 0.233. The molecule has 0 bridgehead atoms. The quantitative estimate of drug-likeness (QED) is 0.833. The molecule has 1 aromatic rings. The molecule has 0 radical (unpaired) electrons. The van der Waals surface area contributed by atoms with E-state index in [4.69, 9.17) is 21.8 Å². The van der Waals surface area contributed by atoms with Crippen molar-refractivity contribution in [2.75, 3.05) is 0 Å². The maximum absolute atomic E-state index is 10.8. The molecule has 0 aliphatic rings. The Bertz CT molecular complexity index is 426. The Morgan fingerprint density at radius 2 is 1.67 bits per heavy atom. The Balaban J connectivity index is 3.45. The minimum Gasteiger partial charge on any atom is -0.478 e. The van der Waals surface area contributed by atoms with Crippen LogP contribution in [-0.2, 0) is 6.42 Å². The Morgan fingerprint density at radius 1 is 1.20 bits per heavy atom. The number of hydrogen-bond donors (Lipinski definition) is 2. The summed E-state index contributed by atoms with van der Waals surface area (Å²) in [4.78, 5) is 21.6. The second-order valence-corrected chi connectivity index (χ2v) is 3.36. The summed E-state index contributed by atoms with van der Waals surface area (Å²) in [5, 5.41) is 17.9. The summed E-state index contributed by atoms with van der Waals surface area (Å²) >= 11 is 5.79. The molecule has 0 atom stereocenters. The highest BCUT2D eigenvalue weighted by molar-refractivity contribution is 6.32. The summed E-state index contributed by atoms with van der Waals surface area (Å²) in [5.74, 6) is -2.56. The van der Waals surface area contributed by atoms with Crippen LogP contribution in [0.2, 0.25) is 5.02 Å². The number of aromatic carboxylic acids is 2. The van der Waals surface area contributed by atoms with Gasteiger partial charge in [-0.2, -0.15) is 0 Å². The Morgan fingerprint density at radius 3 is 2.07 bits per heavy atom. The van der Waals surface area contributed by atoms with Crippen molar-refractivity contribution in [3.63, 3.8) is 0 Å². The molecule has 0 saturated carbocycles. The maximum Gasteiger partial charge on any atom is 0.336 e. The van der Waals surface area contributed by atoms with E-state index >= 15 is 0 Å². The summed E-state index contributed by atoms with van der Waals surface area (Å²) in [7, 11) is 0. The average Bonchev–Trinajstić information content (AvgIpc) is 2.16. The number of carbonyl (C=O) groups is 2. The van der Waals surface area contributed by atoms with Crippen molar-refractivity contribution in [2.45, 2.75) is 13.3 Å². The summed E-state index contributed by atoms with van der Waals surface area (Å²) in [5.41, 5.74) is 0.104. The lowest BCUT2D eigenvalue weighted by atomic mass is 10.0. The van der Waals surface area contributed by atoms with E-state index in [1.807, 2.05) is 6.92 Å². The van der Waals surface area contributed by atoms with Gasteiger partial charge in [-0.3, -0.25) is 0 Å². The van der Waals surface area contributed by atoms with Gasteiger partial charge in [0.2, 0.25) is 0 Å². The Hall–Kier alpha value is -1.55. The zero-order chi connectivity index (χ0) is 11.6. The van der Waals surface area contributed by atoms with Crippen molar-refractivity contribution in [1.82, 2.24) is 0 Å². The smallest absolute Gasteiger partial charge is 0.336 e. The highest BCUT2D eigenvalue weighted by atomic mass is 35.5. The third-order valence-corrected chi connectivity index (χ3v) is 2.38. The van der Waals surface area contributed by atoms with Crippen LogP contribution in [0.3, 0.4) is 0 Å². The van der Waals surface area contributed by atoms with Gasteiger partial charge in [0.25, 0.3) is 0 Å². The van der Waals surface area contributed by atoms with Gasteiger partial charge in [-0.05, 0) is 24.1 Å². The molecular weight excluding hydrogens is 220 g/mol. The topological polar surface area (TPSA) is 74.6 Å². The van der Waals surface area contributed by atoms with Gasteiger partial charge in [-0.15, -0.1) is 0 Å². The number of halogens is 1. The molecule has 0 aliphatic heterocycles. The molecule has 0 amide bonds. The first kappa shape index (κ1) is 11.5. The fourth-order valence-electron chi connectivity index (χ4n) is 1.24. The first-order valence-corrected chi connectivity index (χ1v) is 4.64. The Labute approximate surface area is 91.1 Å². The molecule has 15 heavy (non-hydrogen) atoms. The van der Waals surface area contributed by atoms with Crippen LogP contribution in [0.5, 0.6) is 0 Å². The molecule has 0 saturated heterocycles. The molecule has 0 spiro atoms. The molecule has 80 valence electrons. The SMILES string of the molecule is CCc1cc(C(=O)O)c(C(=O)O)cc1Cl. The number of rotatable bonds is 3. The second kappa shape index (κ2) is 4.31. The molecule has 1 aromatic carbocycles. The molecule has 0 unspecified atom stereocenters. The molecular formula is C10H9ClO4. The molecule has 0 fully saturated rings. The van der Waals surface area contributed by atoms with Crippen LogP contribution in [0.25, 0.3) is 0 Å². The van der Waals surface area contributed by atoms with Crippen molar-refractivity contribution in [1.29, 1.82) is 0 Å². The number of carboxylic acids is 2. The summed E-state index contributed by atoms with van der Waals surface area (Å²) < 4.78 is 0. The first-order chi connectivity index (χ1) is 6.97. The monoisotopic (exact) mass is 228 g/mol. The van der Waals surface area contributed by atoms with Gasteiger partial charge in [0.15, 0.2) is 0 Å². The fourth-order valence-corrected chi connectivity index (χ4v) is 1.54. The molecule has 0 aromatic heterocycles. The zero-order valence-electron chi connectivity index (χ0n) is 7.95. The standard InChI is InChI=1S/C10H9ClO4/c1-2-5-3-6(9(12)13)7(10(14)15)4-8(5)11/h3-4H,2H2,1H3,(H,12,13)(H,14,15). The van der Waals surface area contributed by atoms with Gasteiger partial charge >= 0.3 is 11.9 Å². The van der Waals surface area contributed by atoms with Crippen LogP contribution in [0.15, 0.2) is 12.1 Å². The van der Waals surface area contributed by atoms with E-state index in [2.05, 4.69) is 0 Å². The van der Waals surface area contributed by atoms with Crippen LogP contribution in [-0.4, -0.2) is 22.2 Å². The van der Waals surface area contributed by atoms with Gasteiger partial charge in [-0.25, -0.2) is 9.59 Å². The molecule has 4 nitrogen and oxygen atoms in total.